The van der Waals surface area contributed by atoms with Gasteiger partial charge in [-0.25, -0.2) is 14.4 Å². The molecule has 30 heavy (non-hydrogen) atoms. The van der Waals surface area contributed by atoms with Crippen LogP contribution in [0.3, 0.4) is 0 Å². The number of rotatable bonds is 5. The Kier molecular flexibility index (Phi) is 5.77. The third kappa shape index (κ3) is 4.60. The van der Waals surface area contributed by atoms with Gasteiger partial charge in [-0.1, -0.05) is 6.07 Å². The molecule has 0 atom stereocenters. The van der Waals surface area contributed by atoms with Crippen LogP contribution in [-0.2, 0) is 19.1 Å². The molecule has 0 unspecified atom stereocenters. The van der Waals surface area contributed by atoms with Crippen molar-refractivity contribution in [2.45, 2.75) is 19.6 Å². The predicted molar refractivity (Wildman–Crippen MR) is 105 cm³/mol. The largest absolute Gasteiger partial charge is 0.497 e. The Hall–Kier alpha value is -3.81. The number of benzene rings is 2. The molecule has 0 aliphatic carbocycles. The molecule has 2 aromatic carbocycles. The molecule has 0 amide bonds. The second-order valence-corrected chi connectivity index (χ2v) is 6.77. The summed E-state index contributed by atoms with van der Waals surface area (Å²) in [6.07, 6.45) is 1.32. The average molecular weight is 412 g/mol. The van der Waals surface area contributed by atoms with Gasteiger partial charge in [0.2, 0.25) is 0 Å². The van der Waals surface area contributed by atoms with Crippen molar-refractivity contribution in [3.8, 4) is 17.2 Å². The van der Waals surface area contributed by atoms with Gasteiger partial charge in [-0.2, -0.15) is 0 Å². The van der Waals surface area contributed by atoms with Crippen molar-refractivity contribution < 1.29 is 38.1 Å². The minimum Gasteiger partial charge on any atom is -0.497 e. The van der Waals surface area contributed by atoms with Crippen molar-refractivity contribution in [1.82, 2.24) is 0 Å². The average Bonchev–Trinajstić information content (AvgIpc) is 2.71. The number of methoxy groups -OCH3 is 2. The van der Waals surface area contributed by atoms with Crippen molar-refractivity contribution in [1.29, 1.82) is 0 Å². The third-order valence-electron chi connectivity index (χ3n) is 4.14. The summed E-state index contributed by atoms with van der Waals surface area (Å²) in [6.45, 7) is 2.93. The summed E-state index contributed by atoms with van der Waals surface area (Å²) >= 11 is 0. The summed E-state index contributed by atoms with van der Waals surface area (Å²) < 4.78 is 25.9. The van der Waals surface area contributed by atoms with Crippen LogP contribution in [0.25, 0.3) is 6.08 Å². The molecule has 1 aliphatic heterocycles. The Balaban J connectivity index is 1.82. The van der Waals surface area contributed by atoms with Gasteiger partial charge in [0.1, 0.15) is 11.3 Å². The van der Waals surface area contributed by atoms with Gasteiger partial charge in [-0.15, -0.1) is 0 Å². The smallest absolute Gasteiger partial charge is 0.348 e. The van der Waals surface area contributed by atoms with Crippen LogP contribution in [0.2, 0.25) is 0 Å². The fourth-order valence-corrected chi connectivity index (χ4v) is 2.69. The highest BCUT2D eigenvalue weighted by Crippen LogP contribution is 2.31. The lowest BCUT2D eigenvalue weighted by atomic mass is 10.1. The molecule has 1 saturated heterocycles. The van der Waals surface area contributed by atoms with Crippen LogP contribution in [-0.4, -0.2) is 37.9 Å². The standard InChI is InChI=1S/C22H20O8/c1-22(2)29-20(24)16(21(25)30-22)11-13-5-10-17(18(12-13)27-4)28-19(23)14-6-8-15(26-3)9-7-14/h5-12H,1-4H3. The number of cyclic esters (lactones) is 2. The first kappa shape index (κ1) is 20.9. The zero-order chi connectivity index (χ0) is 21.9. The van der Waals surface area contributed by atoms with Gasteiger partial charge in [0.25, 0.3) is 5.79 Å². The van der Waals surface area contributed by atoms with Crippen LogP contribution in [0.15, 0.2) is 48.0 Å². The third-order valence-corrected chi connectivity index (χ3v) is 4.14. The van der Waals surface area contributed by atoms with Crippen LogP contribution < -0.4 is 14.2 Å². The van der Waals surface area contributed by atoms with Crippen LogP contribution >= 0.6 is 0 Å². The monoisotopic (exact) mass is 412 g/mol. The van der Waals surface area contributed by atoms with Gasteiger partial charge >= 0.3 is 17.9 Å². The Morgan fingerprint density at radius 2 is 1.53 bits per heavy atom. The second-order valence-electron chi connectivity index (χ2n) is 6.77. The number of esters is 3. The lowest BCUT2D eigenvalue weighted by molar-refractivity contribution is -0.222. The first-order chi connectivity index (χ1) is 14.2. The minimum absolute atomic E-state index is 0.176. The van der Waals surface area contributed by atoms with E-state index >= 15 is 0 Å². The zero-order valence-corrected chi connectivity index (χ0v) is 16.9. The van der Waals surface area contributed by atoms with Crippen LogP contribution in [0.1, 0.15) is 29.8 Å². The Bertz CT molecular complexity index is 996. The summed E-state index contributed by atoms with van der Waals surface area (Å²) in [7, 11) is 2.94. The van der Waals surface area contributed by atoms with Crippen LogP contribution in [0, 0.1) is 0 Å². The van der Waals surface area contributed by atoms with Crippen molar-refractivity contribution in [2.75, 3.05) is 14.2 Å². The molecule has 8 heteroatoms. The van der Waals surface area contributed by atoms with Crippen molar-refractivity contribution in [3.63, 3.8) is 0 Å². The molecule has 1 heterocycles. The molecular formula is C22H20O8. The molecule has 0 aromatic heterocycles. The van der Waals surface area contributed by atoms with Gasteiger partial charge < -0.3 is 23.7 Å². The lowest BCUT2D eigenvalue weighted by Gasteiger charge is -2.29. The molecule has 0 N–H and O–H groups in total. The van der Waals surface area contributed by atoms with E-state index < -0.39 is 23.7 Å². The molecule has 1 fully saturated rings. The van der Waals surface area contributed by atoms with Gasteiger partial charge in [-0.3, -0.25) is 0 Å². The molecule has 2 aromatic rings. The van der Waals surface area contributed by atoms with E-state index in [1.54, 1.807) is 30.3 Å². The van der Waals surface area contributed by atoms with Crippen molar-refractivity contribution in [2.24, 2.45) is 0 Å². The highest BCUT2D eigenvalue weighted by Gasteiger charge is 2.38. The highest BCUT2D eigenvalue weighted by molar-refractivity contribution is 6.18. The predicted octanol–water partition coefficient (Wildman–Crippen LogP) is 3.14. The summed E-state index contributed by atoms with van der Waals surface area (Å²) in [4.78, 5) is 36.6. The quantitative estimate of drug-likeness (QED) is 0.320. The van der Waals surface area contributed by atoms with Gasteiger partial charge in [0.15, 0.2) is 11.5 Å². The maximum absolute atomic E-state index is 12.4. The lowest BCUT2D eigenvalue weighted by Crippen LogP contribution is -2.41. The van der Waals surface area contributed by atoms with Crippen LogP contribution in [0.5, 0.6) is 17.2 Å². The molecule has 1 aliphatic rings. The molecule has 0 spiro atoms. The van der Waals surface area contributed by atoms with Gasteiger partial charge in [0, 0.05) is 13.8 Å². The molecule has 8 nitrogen and oxygen atoms in total. The minimum atomic E-state index is -1.32. The molecular weight excluding hydrogens is 392 g/mol. The fraction of sp³-hybridized carbons (Fsp3) is 0.227. The maximum Gasteiger partial charge on any atom is 0.348 e. The molecule has 0 radical (unpaired) electrons. The van der Waals surface area contributed by atoms with E-state index in [9.17, 15) is 14.4 Å². The van der Waals surface area contributed by atoms with E-state index in [4.69, 9.17) is 23.7 Å². The summed E-state index contributed by atoms with van der Waals surface area (Å²) in [5.74, 6) is -2.44. The van der Waals surface area contributed by atoms with Crippen LogP contribution in [0.4, 0.5) is 0 Å². The first-order valence-electron chi connectivity index (χ1n) is 8.95. The summed E-state index contributed by atoms with van der Waals surface area (Å²) in [6, 6.07) is 11.0. The van der Waals surface area contributed by atoms with E-state index in [2.05, 4.69) is 0 Å². The van der Waals surface area contributed by atoms with E-state index in [-0.39, 0.29) is 17.1 Å². The number of carbonyl (C=O) groups excluding carboxylic acids is 3. The molecule has 156 valence electrons. The zero-order valence-electron chi connectivity index (χ0n) is 16.9. The normalized spacial score (nSPS) is 15.0. The number of hydrogen-bond acceptors (Lipinski definition) is 8. The number of hydrogen-bond donors (Lipinski definition) is 0. The van der Waals surface area contributed by atoms with Gasteiger partial charge in [0.05, 0.1) is 19.8 Å². The molecule has 3 rings (SSSR count). The van der Waals surface area contributed by atoms with E-state index in [0.29, 0.717) is 16.9 Å². The Morgan fingerprint density at radius 1 is 0.900 bits per heavy atom. The highest BCUT2D eigenvalue weighted by atomic mass is 16.7. The van der Waals surface area contributed by atoms with E-state index in [0.717, 1.165) is 0 Å². The maximum atomic E-state index is 12.4. The van der Waals surface area contributed by atoms with Crippen molar-refractivity contribution >= 4 is 24.0 Å². The van der Waals surface area contributed by atoms with Gasteiger partial charge in [-0.05, 0) is 48.0 Å². The van der Waals surface area contributed by atoms with E-state index in [1.807, 2.05) is 0 Å². The fourth-order valence-electron chi connectivity index (χ4n) is 2.69. The molecule has 0 bridgehead atoms. The SMILES string of the molecule is COc1ccc(C(=O)Oc2ccc(C=C3C(=O)OC(C)(C)OC3=O)cc2OC)cc1. The topological polar surface area (TPSA) is 97.4 Å². The first-order valence-corrected chi connectivity index (χ1v) is 8.95. The molecule has 0 saturated carbocycles. The van der Waals surface area contributed by atoms with E-state index in [1.165, 1.54) is 46.3 Å². The summed E-state index contributed by atoms with van der Waals surface area (Å²) in [5, 5.41) is 0. The Morgan fingerprint density at radius 3 is 2.10 bits per heavy atom. The summed E-state index contributed by atoms with van der Waals surface area (Å²) in [5.41, 5.74) is 0.540. The number of ether oxygens (including phenoxy) is 5. The number of carbonyl (C=O) groups is 3. The Labute approximate surface area is 172 Å². The van der Waals surface area contributed by atoms with Crippen molar-refractivity contribution in [3.05, 3.63) is 59.2 Å². The second kappa shape index (κ2) is 8.28.